The molecule has 28 heavy (non-hydrogen) atoms. The van der Waals surface area contributed by atoms with E-state index >= 15 is 0 Å². The van der Waals surface area contributed by atoms with E-state index < -0.39 is 5.91 Å². The lowest BCUT2D eigenvalue weighted by Crippen LogP contribution is -2.13. The summed E-state index contributed by atoms with van der Waals surface area (Å²) in [6.07, 6.45) is 5.95. The number of carbonyl (C=O) groups is 1. The third kappa shape index (κ3) is 6.70. The number of anilines is 1. The molecule has 0 spiro atoms. The zero-order valence-corrected chi connectivity index (χ0v) is 18.0. The predicted octanol–water partition coefficient (Wildman–Crippen LogP) is 6.61. The molecule has 0 fully saturated rings. The molecule has 0 aromatic heterocycles. The Labute approximate surface area is 179 Å². The van der Waals surface area contributed by atoms with E-state index in [2.05, 4.69) is 28.2 Å². The van der Waals surface area contributed by atoms with Gasteiger partial charge in [-0.05, 0) is 42.8 Å². The van der Waals surface area contributed by atoms with Crippen molar-refractivity contribution in [2.45, 2.75) is 32.6 Å². The minimum Gasteiger partial charge on any atom is -0.493 e. The van der Waals surface area contributed by atoms with E-state index in [1.807, 2.05) is 24.3 Å². The van der Waals surface area contributed by atoms with Gasteiger partial charge < -0.3 is 10.1 Å². The van der Waals surface area contributed by atoms with Gasteiger partial charge in [0.05, 0.1) is 17.3 Å². The van der Waals surface area contributed by atoms with Gasteiger partial charge in [-0.2, -0.15) is 5.26 Å². The van der Waals surface area contributed by atoms with Gasteiger partial charge in [-0.15, -0.1) is 0 Å². The van der Waals surface area contributed by atoms with E-state index in [9.17, 15) is 10.1 Å². The lowest BCUT2D eigenvalue weighted by atomic mass is 10.1. The van der Waals surface area contributed by atoms with Crippen molar-refractivity contribution in [2.24, 2.45) is 0 Å². The molecule has 1 N–H and O–H groups in total. The number of ether oxygens (including phenoxy) is 1. The number of hydrogen-bond donors (Lipinski definition) is 1. The van der Waals surface area contributed by atoms with Crippen LogP contribution in [0.25, 0.3) is 6.08 Å². The lowest BCUT2D eigenvalue weighted by Gasteiger charge is -2.11. The number of halogens is 2. The third-order valence-electron chi connectivity index (χ3n) is 4.01. The number of rotatable bonds is 9. The Morgan fingerprint density at radius 1 is 1.25 bits per heavy atom. The Morgan fingerprint density at radius 3 is 2.75 bits per heavy atom. The van der Waals surface area contributed by atoms with E-state index in [0.717, 1.165) is 17.3 Å². The normalized spacial score (nSPS) is 11.0. The van der Waals surface area contributed by atoms with Gasteiger partial charge in [-0.3, -0.25) is 4.79 Å². The van der Waals surface area contributed by atoms with Crippen molar-refractivity contribution >= 4 is 45.2 Å². The van der Waals surface area contributed by atoms with Crippen molar-refractivity contribution < 1.29 is 9.53 Å². The van der Waals surface area contributed by atoms with Gasteiger partial charge in [-0.1, -0.05) is 65.8 Å². The summed E-state index contributed by atoms with van der Waals surface area (Å²) in [6.45, 7) is 2.76. The summed E-state index contributed by atoms with van der Waals surface area (Å²) in [7, 11) is 0. The van der Waals surface area contributed by atoms with Crippen LogP contribution in [0.4, 0.5) is 5.69 Å². The van der Waals surface area contributed by atoms with Gasteiger partial charge in [0.1, 0.15) is 17.4 Å². The van der Waals surface area contributed by atoms with Gasteiger partial charge in [0.25, 0.3) is 5.91 Å². The van der Waals surface area contributed by atoms with Crippen LogP contribution in [0.5, 0.6) is 5.75 Å². The molecule has 0 aliphatic rings. The molecule has 0 bridgehead atoms. The second-order valence-corrected chi connectivity index (χ2v) is 7.52. The summed E-state index contributed by atoms with van der Waals surface area (Å²) >= 11 is 9.50. The predicted molar refractivity (Wildman–Crippen MR) is 117 cm³/mol. The van der Waals surface area contributed by atoms with Crippen LogP contribution < -0.4 is 10.1 Å². The van der Waals surface area contributed by atoms with Crippen LogP contribution in [0.3, 0.4) is 0 Å². The number of para-hydroxylation sites is 1. The van der Waals surface area contributed by atoms with Crippen LogP contribution >= 0.6 is 27.5 Å². The molecule has 4 nitrogen and oxygen atoms in total. The topological polar surface area (TPSA) is 62.1 Å². The molecule has 1 amide bonds. The highest BCUT2D eigenvalue weighted by molar-refractivity contribution is 9.10. The molecule has 146 valence electrons. The Balaban J connectivity index is 2.18. The molecule has 0 unspecified atom stereocenters. The highest BCUT2D eigenvalue weighted by Crippen LogP contribution is 2.27. The summed E-state index contributed by atoms with van der Waals surface area (Å²) in [5.74, 6) is 0.113. The largest absolute Gasteiger partial charge is 0.493 e. The van der Waals surface area contributed by atoms with Gasteiger partial charge in [0, 0.05) is 10.0 Å². The standard InChI is InChI=1S/C22H22BrClN2O2/c1-2-3-4-7-12-28-21-11-10-18(23)14-16(21)13-17(15-25)22(27)26-20-9-6-5-8-19(20)24/h5-6,8-11,13-14H,2-4,7,12H2,1H3,(H,26,27)/b17-13+. The maximum absolute atomic E-state index is 12.5. The summed E-state index contributed by atoms with van der Waals surface area (Å²) in [6, 6.07) is 14.4. The maximum Gasteiger partial charge on any atom is 0.266 e. The number of nitrogens with one attached hydrogen (secondary N) is 1. The van der Waals surface area contributed by atoms with Crippen molar-refractivity contribution in [3.8, 4) is 11.8 Å². The molecule has 0 heterocycles. The highest BCUT2D eigenvalue weighted by Gasteiger charge is 2.13. The fraction of sp³-hybridized carbons (Fsp3) is 0.273. The van der Waals surface area contributed by atoms with Crippen LogP contribution in [0.2, 0.25) is 5.02 Å². The molecule has 0 radical (unpaired) electrons. The minimum atomic E-state index is -0.524. The molecule has 0 saturated carbocycles. The highest BCUT2D eigenvalue weighted by atomic mass is 79.9. The third-order valence-corrected chi connectivity index (χ3v) is 4.84. The monoisotopic (exact) mass is 460 g/mol. The minimum absolute atomic E-state index is 0.0335. The van der Waals surface area contributed by atoms with E-state index in [4.69, 9.17) is 16.3 Å². The Bertz CT molecular complexity index is 890. The van der Waals surface area contributed by atoms with Gasteiger partial charge >= 0.3 is 0 Å². The van der Waals surface area contributed by atoms with Crippen LogP contribution in [-0.4, -0.2) is 12.5 Å². The van der Waals surface area contributed by atoms with Crippen LogP contribution in [-0.2, 0) is 4.79 Å². The molecule has 0 aliphatic heterocycles. The molecule has 2 rings (SSSR count). The zero-order valence-electron chi connectivity index (χ0n) is 15.7. The molecule has 2 aromatic carbocycles. The van der Waals surface area contributed by atoms with Crippen molar-refractivity contribution in [3.63, 3.8) is 0 Å². The molecule has 6 heteroatoms. The van der Waals surface area contributed by atoms with Gasteiger partial charge in [0.15, 0.2) is 0 Å². The first-order chi connectivity index (χ1) is 13.5. The second-order valence-electron chi connectivity index (χ2n) is 6.20. The summed E-state index contributed by atoms with van der Waals surface area (Å²) in [5, 5.41) is 12.6. The van der Waals surface area contributed by atoms with Gasteiger partial charge in [0.2, 0.25) is 0 Å². The molecule has 0 saturated heterocycles. The lowest BCUT2D eigenvalue weighted by molar-refractivity contribution is -0.112. The summed E-state index contributed by atoms with van der Waals surface area (Å²) in [4.78, 5) is 12.5. The fourth-order valence-electron chi connectivity index (χ4n) is 2.53. The maximum atomic E-state index is 12.5. The van der Waals surface area contributed by atoms with E-state index in [-0.39, 0.29) is 5.57 Å². The molecular formula is C22H22BrClN2O2. The van der Waals surface area contributed by atoms with Crippen molar-refractivity contribution in [3.05, 3.63) is 63.1 Å². The average Bonchev–Trinajstić information content (AvgIpc) is 2.69. The Hall–Kier alpha value is -2.29. The number of nitrogens with zero attached hydrogens (tertiary/aromatic N) is 1. The number of carbonyl (C=O) groups excluding carboxylic acids is 1. The number of amides is 1. The summed E-state index contributed by atoms with van der Waals surface area (Å²) in [5.41, 5.74) is 1.08. The fourth-order valence-corrected chi connectivity index (χ4v) is 3.09. The van der Waals surface area contributed by atoms with Gasteiger partial charge in [-0.25, -0.2) is 0 Å². The first-order valence-corrected chi connectivity index (χ1v) is 10.3. The van der Waals surface area contributed by atoms with Crippen molar-refractivity contribution in [1.29, 1.82) is 5.26 Å². The zero-order chi connectivity index (χ0) is 20.4. The van der Waals surface area contributed by atoms with E-state index in [1.54, 1.807) is 24.3 Å². The number of benzene rings is 2. The average molecular weight is 462 g/mol. The molecule has 2 aromatic rings. The smallest absolute Gasteiger partial charge is 0.266 e. The first kappa shape index (κ1) is 22.0. The van der Waals surface area contributed by atoms with Crippen molar-refractivity contribution in [1.82, 2.24) is 0 Å². The van der Waals surface area contributed by atoms with Crippen LogP contribution in [0, 0.1) is 11.3 Å². The molecule has 0 aliphatic carbocycles. The number of hydrogen-bond acceptors (Lipinski definition) is 3. The van der Waals surface area contributed by atoms with E-state index in [1.165, 1.54) is 18.9 Å². The quantitative estimate of drug-likeness (QED) is 0.260. The first-order valence-electron chi connectivity index (χ1n) is 9.15. The summed E-state index contributed by atoms with van der Waals surface area (Å²) < 4.78 is 6.71. The Kier molecular flexibility index (Phi) is 9.06. The van der Waals surface area contributed by atoms with E-state index in [0.29, 0.717) is 28.6 Å². The van der Waals surface area contributed by atoms with Crippen molar-refractivity contribution in [2.75, 3.05) is 11.9 Å². The molecule has 0 atom stereocenters. The number of nitriles is 1. The molecular weight excluding hydrogens is 440 g/mol. The van der Waals surface area contributed by atoms with Crippen LogP contribution in [0.1, 0.15) is 38.2 Å². The Morgan fingerprint density at radius 2 is 2.04 bits per heavy atom. The van der Waals surface area contributed by atoms with Crippen LogP contribution in [0.15, 0.2) is 52.5 Å². The SMILES string of the molecule is CCCCCCOc1ccc(Br)cc1/C=C(\C#N)C(=O)Nc1ccccc1Cl. The second kappa shape index (κ2) is 11.5. The number of unbranched alkanes of at least 4 members (excludes halogenated alkanes) is 3.